The Bertz CT molecular complexity index is 1000. The van der Waals surface area contributed by atoms with Gasteiger partial charge in [-0.2, -0.15) is 0 Å². The summed E-state index contributed by atoms with van der Waals surface area (Å²) in [5.74, 6) is 6.79. The molecular weight excluding hydrogens is 394 g/mol. The van der Waals surface area contributed by atoms with Gasteiger partial charge in [0.2, 0.25) is 11.1 Å². The summed E-state index contributed by atoms with van der Waals surface area (Å²) in [5.41, 5.74) is 4.22. The number of halogens is 1. The molecule has 2 aromatic carbocycles. The van der Waals surface area contributed by atoms with E-state index in [1.165, 1.54) is 27.6 Å². The summed E-state index contributed by atoms with van der Waals surface area (Å²) in [6.07, 6.45) is 0. The third kappa shape index (κ3) is 4.48. The molecule has 0 spiro atoms. The summed E-state index contributed by atoms with van der Waals surface area (Å²) in [4.78, 5) is 14.2. The van der Waals surface area contributed by atoms with Crippen molar-refractivity contribution in [3.8, 4) is 11.4 Å². The van der Waals surface area contributed by atoms with Gasteiger partial charge in [-0.25, -0.2) is 4.68 Å². The van der Waals surface area contributed by atoms with E-state index >= 15 is 0 Å². The molecule has 0 atom stereocenters. The topological polar surface area (TPSA) is 77.0 Å². The number of aromatic nitrogens is 3. The Labute approximate surface area is 173 Å². The Morgan fingerprint density at radius 1 is 1.21 bits per heavy atom. The molecule has 1 aromatic heterocycles. The SMILES string of the molecule is Cc1ccc(CN(C)C(=O)CSc2nnc(-c3ccccc3Cl)n2N)c(C)c1. The first-order chi connectivity index (χ1) is 13.4. The van der Waals surface area contributed by atoms with Crippen molar-refractivity contribution in [2.75, 3.05) is 18.6 Å². The van der Waals surface area contributed by atoms with Gasteiger partial charge < -0.3 is 10.7 Å². The van der Waals surface area contributed by atoms with E-state index in [4.69, 9.17) is 17.4 Å². The molecule has 1 amide bonds. The molecule has 3 aromatic rings. The number of amides is 1. The number of hydrogen-bond donors (Lipinski definition) is 1. The summed E-state index contributed by atoms with van der Waals surface area (Å²) in [5, 5.41) is 9.21. The Morgan fingerprint density at radius 3 is 2.68 bits per heavy atom. The number of hydrogen-bond acceptors (Lipinski definition) is 5. The number of benzene rings is 2. The van der Waals surface area contributed by atoms with Crippen LogP contribution in [0.3, 0.4) is 0 Å². The summed E-state index contributed by atoms with van der Waals surface area (Å²) in [6, 6.07) is 13.5. The smallest absolute Gasteiger partial charge is 0.233 e. The van der Waals surface area contributed by atoms with E-state index in [2.05, 4.69) is 42.2 Å². The van der Waals surface area contributed by atoms with Crippen LogP contribution in [-0.4, -0.2) is 38.5 Å². The number of carbonyl (C=O) groups excluding carboxylic acids is 1. The quantitative estimate of drug-likeness (QED) is 0.490. The summed E-state index contributed by atoms with van der Waals surface area (Å²) < 4.78 is 1.36. The van der Waals surface area contributed by atoms with Gasteiger partial charge in [0.15, 0.2) is 5.82 Å². The average Bonchev–Trinajstić information content (AvgIpc) is 3.02. The Hall–Kier alpha value is -2.51. The molecule has 0 saturated carbocycles. The lowest BCUT2D eigenvalue weighted by Crippen LogP contribution is -2.28. The molecule has 0 aliphatic rings. The van der Waals surface area contributed by atoms with Crippen molar-refractivity contribution in [3.05, 3.63) is 64.2 Å². The maximum atomic E-state index is 12.5. The van der Waals surface area contributed by atoms with Crippen molar-refractivity contribution in [1.29, 1.82) is 0 Å². The highest BCUT2D eigenvalue weighted by molar-refractivity contribution is 7.99. The van der Waals surface area contributed by atoms with Crippen molar-refractivity contribution in [2.24, 2.45) is 0 Å². The normalized spacial score (nSPS) is 10.9. The molecule has 1 heterocycles. The van der Waals surface area contributed by atoms with Crippen molar-refractivity contribution in [3.63, 3.8) is 0 Å². The largest absolute Gasteiger partial charge is 0.341 e. The van der Waals surface area contributed by atoms with Gasteiger partial charge in [0.05, 0.1) is 10.8 Å². The van der Waals surface area contributed by atoms with Crippen LogP contribution in [0.15, 0.2) is 47.6 Å². The van der Waals surface area contributed by atoms with Crippen LogP contribution < -0.4 is 5.84 Å². The standard InChI is InChI=1S/C20H22ClN5OS/c1-13-8-9-15(14(2)10-13)11-25(3)18(27)12-28-20-24-23-19(26(20)22)16-6-4-5-7-17(16)21/h4-10H,11-12,22H2,1-3H3. The molecule has 0 saturated heterocycles. The molecule has 146 valence electrons. The molecule has 0 aliphatic carbocycles. The zero-order valence-electron chi connectivity index (χ0n) is 16.0. The molecule has 0 unspecified atom stereocenters. The molecular formula is C20H22ClN5OS. The van der Waals surface area contributed by atoms with Gasteiger partial charge in [0.25, 0.3) is 0 Å². The van der Waals surface area contributed by atoms with E-state index < -0.39 is 0 Å². The van der Waals surface area contributed by atoms with E-state index in [1.807, 2.05) is 18.2 Å². The van der Waals surface area contributed by atoms with E-state index in [0.29, 0.717) is 28.1 Å². The van der Waals surface area contributed by atoms with Crippen LogP contribution >= 0.6 is 23.4 Å². The van der Waals surface area contributed by atoms with Gasteiger partial charge in [0, 0.05) is 19.2 Å². The van der Waals surface area contributed by atoms with Crippen LogP contribution in [0, 0.1) is 13.8 Å². The number of nitrogens with two attached hydrogens (primary N) is 1. The highest BCUT2D eigenvalue weighted by Gasteiger charge is 2.17. The van der Waals surface area contributed by atoms with Crippen molar-refractivity contribution < 1.29 is 4.79 Å². The Morgan fingerprint density at radius 2 is 1.96 bits per heavy atom. The predicted octanol–water partition coefficient (Wildman–Crippen LogP) is 3.68. The monoisotopic (exact) mass is 415 g/mol. The third-order valence-electron chi connectivity index (χ3n) is 4.44. The molecule has 3 rings (SSSR count). The fourth-order valence-electron chi connectivity index (χ4n) is 2.81. The second kappa shape index (κ2) is 8.67. The van der Waals surface area contributed by atoms with Gasteiger partial charge in [-0.05, 0) is 37.1 Å². The second-order valence-electron chi connectivity index (χ2n) is 6.62. The molecule has 0 radical (unpaired) electrons. The van der Waals surface area contributed by atoms with E-state index in [-0.39, 0.29) is 11.7 Å². The van der Waals surface area contributed by atoms with Gasteiger partial charge in [0.1, 0.15) is 0 Å². The van der Waals surface area contributed by atoms with Crippen LogP contribution in [0.2, 0.25) is 5.02 Å². The Balaban J connectivity index is 1.64. The summed E-state index contributed by atoms with van der Waals surface area (Å²) >= 11 is 7.46. The average molecular weight is 416 g/mol. The first-order valence-electron chi connectivity index (χ1n) is 8.75. The maximum absolute atomic E-state index is 12.5. The maximum Gasteiger partial charge on any atom is 0.233 e. The minimum atomic E-state index is -0.00716. The number of carbonyl (C=O) groups is 1. The Kier molecular flexibility index (Phi) is 6.26. The van der Waals surface area contributed by atoms with Crippen molar-refractivity contribution in [1.82, 2.24) is 19.8 Å². The molecule has 0 bridgehead atoms. The van der Waals surface area contributed by atoms with Crippen molar-refractivity contribution >= 4 is 29.3 Å². The van der Waals surface area contributed by atoms with Gasteiger partial charge in [-0.1, -0.05) is 59.3 Å². The fraction of sp³-hybridized carbons (Fsp3) is 0.250. The van der Waals surface area contributed by atoms with Gasteiger partial charge in [-0.15, -0.1) is 10.2 Å². The summed E-state index contributed by atoms with van der Waals surface area (Å²) in [7, 11) is 1.80. The zero-order valence-corrected chi connectivity index (χ0v) is 17.6. The third-order valence-corrected chi connectivity index (χ3v) is 5.69. The molecule has 0 fully saturated rings. The highest BCUT2D eigenvalue weighted by Crippen LogP contribution is 2.27. The number of nitrogen functional groups attached to an aromatic ring is 1. The number of aryl methyl sites for hydroxylation is 2. The van der Waals surface area contributed by atoms with E-state index in [9.17, 15) is 4.79 Å². The van der Waals surface area contributed by atoms with Crippen LogP contribution in [0.1, 0.15) is 16.7 Å². The van der Waals surface area contributed by atoms with Crippen LogP contribution in [0.5, 0.6) is 0 Å². The molecule has 0 aliphatic heterocycles. The molecule has 2 N–H and O–H groups in total. The highest BCUT2D eigenvalue weighted by atomic mass is 35.5. The fourth-order valence-corrected chi connectivity index (χ4v) is 3.82. The van der Waals surface area contributed by atoms with Gasteiger partial charge >= 0.3 is 0 Å². The predicted molar refractivity (Wildman–Crippen MR) is 114 cm³/mol. The lowest BCUT2D eigenvalue weighted by atomic mass is 10.1. The second-order valence-corrected chi connectivity index (χ2v) is 7.97. The van der Waals surface area contributed by atoms with Crippen LogP contribution in [0.25, 0.3) is 11.4 Å². The lowest BCUT2D eigenvalue weighted by molar-refractivity contribution is -0.127. The number of thioether (sulfide) groups is 1. The number of rotatable bonds is 6. The van der Waals surface area contributed by atoms with Crippen molar-refractivity contribution in [2.45, 2.75) is 25.5 Å². The van der Waals surface area contributed by atoms with Gasteiger partial charge in [-0.3, -0.25) is 4.79 Å². The summed E-state index contributed by atoms with van der Waals surface area (Å²) in [6.45, 7) is 4.68. The van der Waals surface area contributed by atoms with Crippen LogP contribution in [0.4, 0.5) is 0 Å². The minimum absolute atomic E-state index is 0.00716. The lowest BCUT2D eigenvalue weighted by Gasteiger charge is -2.18. The molecule has 6 nitrogen and oxygen atoms in total. The van der Waals surface area contributed by atoms with E-state index in [1.54, 1.807) is 18.0 Å². The van der Waals surface area contributed by atoms with Crippen LogP contribution in [-0.2, 0) is 11.3 Å². The molecule has 28 heavy (non-hydrogen) atoms. The first kappa shape index (κ1) is 20.2. The minimum Gasteiger partial charge on any atom is -0.341 e. The zero-order chi connectivity index (χ0) is 20.3. The first-order valence-corrected chi connectivity index (χ1v) is 10.1. The number of nitrogens with zero attached hydrogens (tertiary/aromatic N) is 4. The molecule has 8 heteroatoms. The van der Waals surface area contributed by atoms with E-state index in [0.717, 1.165) is 5.56 Å².